The van der Waals surface area contributed by atoms with Crippen LogP contribution in [0.2, 0.25) is 0 Å². The van der Waals surface area contributed by atoms with Crippen LogP contribution in [0.25, 0.3) is 77.8 Å². The molecule has 0 N–H and O–H groups in total. The van der Waals surface area contributed by atoms with Gasteiger partial charge in [0, 0.05) is 58.4 Å². The van der Waals surface area contributed by atoms with Gasteiger partial charge in [0.1, 0.15) is 28.2 Å². The summed E-state index contributed by atoms with van der Waals surface area (Å²) in [6, 6.07) is 39.9. The second-order valence-electron chi connectivity index (χ2n) is 15.2. The quantitative estimate of drug-likeness (QED) is 0.164. The van der Waals surface area contributed by atoms with Gasteiger partial charge in [-0.25, -0.2) is 9.97 Å². The third-order valence-corrected chi connectivity index (χ3v) is 9.22. The molecule has 0 saturated heterocycles. The average Bonchev–Trinajstić information content (AvgIpc) is 3.75. The van der Waals surface area contributed by atoms with E-state index in [0.29, 0.717) is 16.7 Å². The number of nitrogens with zero attached hydrogens (tertiary/aromatic N) is 4. The van der Waals surface area contributed by atoms with Crippen LogP contribution in [-0.4, -0.2) is 19.9 Å². The average molecular weight is 888 g/mol. The van der Waals surface area contributed by atoms with Gasteiger partial charge >= 0.3 is 0 Å². The first kappa shape index (κ1) is 33.1. The molecule has 5 heterocycles. The Kier molecular flexibility index (Phi) is 8.82. The number of furan rings is 2. The van der Waals surface area contributed by atoms with Crippen molar-refractivity contribution in [3.63, 3.8) is 0 Å². The molecule has 0 spiro atoms. The molecule has 6 nitrogen and oxygen atoms in total. The number of rotatable bonds is 3. The summed E-state index contributed by atoms with van der Waals surface area (Å²) < 4.78 is 35.7. The molecule has 0 unspecified atom stereocenters. The van der Waals surface area contributed by atoms with Gasteiger partial charge in [0.25, 0.3) is 0 Å². The van der Waals surface area contributed by atoms with E-state index in [0.717, 1.165) is 78.0 Å². The minimum Gasteiger partial charge on any atom is -0.497 e. The van der Waals surface area contributed by atoms with Gasteiger partial charge in [-0.2, -0.15) is 0 Å². The molecule has 0 aliphatic heterocycles. The molecule has 0 saturated carbocycles. The van der Waals surface area contributed by atoms with Crippen LogP contribution in [0.5, 0.6) is 0 Å². The van der Waals surface area contributed by atoms with Crippen LogP contribution in [0.4, 0.5) is 0 Å². The number of aryl methyl sites for hydroxylation is 1. The minimum atomic E-state index is -2.14. The maximum absolute atomic E-state index is 7.65. The number of pyridine rings is 2. The zero-order valence-corrected chi connectivity index (χ0v) is 33.3. The molecule has 9 aromatic rings. The molecule has 271 valence electrons. The molecule has 54 heavy (non-hydrogen) atoms. The Hall–Kier alpha value is -5.49. The summed E-state index contributed by atoms with van der Waals surface area (Å²) in [5.41, 5.74) is 9.35. The van der Waals surface area contributed by atoms with E-state index < -0.39 is 6.85 Å². The van der Waals surface area contributed by atoms with Crippen molar-refractivity contribution in [1.82, 2.24) is 19.9 Å². The van der Waals surface area contributed by atoms with Crippen LogP contribution in [-0.2, 0) is 30.9 Å². The molecule has 1 radical (unpaired) electrons. The molecule has 0 atom stereocenters. The maximum atomic E-state index is 7.65. The number of hydrogen-bond acceptors (Lipinski definition) is 6. The third-order valence-electron chi connectivity index (χ3n) is 9.22. The summed E-state index contributed by atoms with van der Waals surface area (Å²) in [5, 5.41) is 3.09. The van der Waals surface area contributed by atoms with Crippen LogP contribution < -0.4 is 0 Å². The molecule has 0 amide bonds. The van der Waals surface area contributed by atoms with Crippen LogP contribution in [0, 0.1) is 19.0 Å². The minimum absolute atomic E-state index is 0. The molecule has 0 aliphatic carbocycles. The van der Waals surface area contributed by atoms with E-state index in [1.807, 2.05) is 106 Å². The van der Waals surface area contributed by atoms with Crippen LogP contribution in [0.1, 0.15) is 62.6 Å². The Morgan fingerprint density at radius 1 is 0.648 bits per heavy atom. The maximum Gasteiger partial charge on any atom is 0.165 e. The normalized spacial score (nSPS) is 12.9. The van der Waals surface area contributed by atoms with Gasteiger partial charge in [0.15, 0.2) is 5.58 Å². The van der Waals surface area contributed by atoms with Crippen molar-refractivity contribution in [2.75, 3.05) is 0 Å². The van der Waals surface area contributed by atoms with Gasteiger partial charge < -0.3 is 18.8 Å². The van der Waals surface area contributed by atoms with E-state index in [4.69, 9.17) is 22.9 Å². The van der Waals surface area contributed by atoms with Crippen molar-refractivity contribution in [3.8, 4) is 33.8 Å². The first-order valence-corrected chi connectivity index (χ1v) is 17.6. The van der Waals surface area contributed by atoms with E-state index in [1.165, 1.54) is 6.20 Å². The number of hydrogen-bond donors (Lipinski definition) is 0. The van der Waals surface area contributed by atoms with E-state index in [1.54, 1.807) is 6.20 Å². The molecule has 4 aromatic carbocycles. The van der Waals surface area contributed by atoms with Crippen molar-refractivity contribution < 1.29 is 33.1 Å². The second kappa shape index (κ2) is 14.4. The summed E-state index contributed by atoms with van der Waals surface area (Å²) in [6.07, 6.45) is 3.25. The van der Waals surface area contributed by atoms with Gasteiger partial charge in [0.05, 0.1) is 5.58 Å². The van der Waals surface area contributed by atoms with E-state index >= 15 is 0 Å². The Labute approximate surface area is 333 Å². The fourth-order valence-electron chi connectivity index (χ4n) is 6.49. The third kappa shape index (κ3) is 6.98. The second-order valence-corrected chi connectivity index (χ2v) is 15.2. The van der Waals surface area contributed by atoms with Crippen LogP contribution in [0.15, 0.2) is 124 Å². The van der Waals surface area contributed by atoms with E-state index in [-0.39, 0.29) is 30.9 Å². The summed E-state index contributed by atoms with van der Waals surface area (Å²) >= 11 is 0. The first-order valence-electron chi connectivity index (χ1n) is 19.1. The van der Waals surface area contributed by atoms with Crippen LogP contribution >= 0.6 is 0 Å². The predicted octanol–water partition coefficient (Wildman–Crippen LogP) is 12.3. The van der Waals surface area contributed by atoms with Gasteiger partial charge in [-0.1, -0.05) is 89.6 Å². The zero-order valence-electron chi connectivity index (χ0n) is 33.9. The van der Waals surface area contributed by atoms with Crippen molar-refractivity contribution in [2.45, 2.75) is 59.2 Å². The zero-order chi connectivity index (χ0) is 39.4. The topological polar surface area (TPSA) is 77.8 Å². The fourth-order valence-corrected chi connectivity index (χ4v) is 6.49. The summed E-state index contributed by atoms with van der Waals surface area (Å²) in [6.45, 7) is 10.2. The standard InChI is InChI=1S/C31H22N3O2.C16H18N.Ir/c1-31(2,3)30-33-26(18-14-15-20-19-9-4-5-13-24(19)35-25(20)17-18)29-27(34-30)22-11-8-10-21(28(22)36-29)23-12-6-7-16-32-23;1-12-11-17-15(10-14(12)16(2,3)4)13-8-6-5-7-9-13;/h4-9,11-17H,1-3H3;5-8,10-11H,1-4H3;/q2*-1;/i;1D3;. The number of aromatic nitrogens is 4. The molecule has 9 rings (SSSR count). The van der Waals surface area contributed by atoms with E-state index in [9.17, 15) is 0 Å². The molecule has 7 heteroatoms. The van der Waals surface area contributed by atoms with E-state index in [2.05, 4.69) is 61.1 Å². The number of benzene rings is 4. The number of fused-ring (bicyclic) bond motifs is 6. The summed E-state index contributed by atoms with van der Waals surface area (Å²) in [4.78, 5) is 18.8. The largest absolute Gasteiger partial charge is 0.497 e. The summed E-state index contributed by atoms with van der Waals surface area (Å²) in [5.74, 6) is 0.754. The Morgan fingerprint density at radius 3 is 2.19 bits per heavy atom. The van der Waals surface area contributed by atoms with Gasteiger partial charge in [-0.15, -0.1) is 54.1 Å². The van der Waals surface area contributed by atoms with Gasteiger partial charge in [-0.05, 0) is 64.4 Å². The summed E-state index contributed by atoms with van der Waals surface area (Å²) in [7, 11) is 0. The van der Waals surface area contributed by atoms with Crippen molar-refractivity contribution in [2.24, 2.45) is 0 Å². The van der Waals surface area contributed by atoms with Crippen molar-refractivity contribution >= 4 is 44.0 Å². The monoisotopic (exact) mass is 888 g/mol. The molecular formula is C47H40IrN4O2-2. The molecule has 0 bridgehead atoms. The Balaban J connectivity index is 0.000000202. The van der Waals surface area contributed by atoms with Gasteiger partial charge in [0.2, 0.25) is 0 Å². The van der Waals surface area contributed by atoms with Crippen molar-refractivity contribution in [1.29, 1.82) is 0 Å². The smallest absolute Gasteiger partial charge is 0.165 e. The van der Waals surface area contributed by atoms with Crippen LogP contribution in [0.3, 0.4) is 0 Å². The Bertz CT molecular complexity index is 2870. The van der Waals surface area contributed by atoms with Gasteiger partial charge in [-0.3, -0.25) is 0 Å². The fraction of sp³-hybridized carbons (Fsp3) is 0.191. The van der Waals surface area contributed by atoms with Crippen molar-refractivity contribution in [3.05, 3.63) is 145 Å². The Morgan fingerprint density at radius 2 is 1.44 bits per heavy atom. The molecule has 5 aromatic heterocycles. The first-order chi connectivity index (χ1) is 26.7. The molecular weight excluding hydrogens is 845 g/mol. The predicted molar refractivity (Wildman–Crippen MR) is 215 cm³/mol. The molecule has 0 fully saturated rings. The SMILES string of the molecule is CC(C)(C)c1nc(-c2ccc3c(c2)oc2ccccc23)c2oc3c(-c4ccccn4)[c-]ccc3c2n1.[2H]C([2H])([2H])c1cnc(-c2[c-]cccc2)cc1C(C)(C)C.[Ir]. The molecule has 0 aliphatic rings. The number of para-hydroxylation sites is 1.